The second-order valence-corrected chi connectivity index (χ2v) is 18.1. The van der Waals surface area contributed by atoms with Gasteiger partial charge in [0.2, 0.25) is 30.4 Å². The van der Waals surface area contributed by atoms with Gasteiger partial charge >= 0.3 is 23.3 Å². The van der Waals surface area contributed by atoms with Crippen molar-refractivity contribution in [1.82, 2.24) is 0 Å². The van der Waals surface area contributed by atoms with E-state index in [4.69, 9.17) is 42.3 Å². The molecule has 1 aromatic heterocycles. The minimum atomic E-state index is -2.09. The van der Waals surface area contributed by atoms with Crippen LogP contribution in [0.4, 0.5) is 0 Å². The molecule has 0 spiro atoms. The minimum Gasteiger partial charge on any atom is -0.507 e. The van der Waals surface area contributed by atoms with E-state index in [2.05, 4.69) is 0 Å². The Balaban J connectivity index is 1.08. The second-order valence-electron chi connectivity index (χ2n) is 18.1. The fraction of sp³-hybridized carbons (Fsp3) is 0.353. The fourth-order valence-corrected chi connectivity index (χ4v) is 8.26. The van der Waals surface area contributed by atoms with Crippen molar-refractivity contribution in [3.63, 3.8) is 0 Å². The maximum absolute atomic E-state index is 12.6. The lowest BCUT2D eigenvalue weighted by Crippen LogP contribution is -2.60. The third-order valence-electron chi connectivity index (χ3n) is 12.6. The van der Waals surface area contributed by atoms with Gasteiger partial charge in [0.25, 0.3) is 0 Å². The van der Waals surface area contributed by atoms with Gasteiger partial charge in [-0.05, 0) is 47.5 Å². The normalized spacial score (nSPS) is 29.1. The van der Waals surface area contributed by atoms with Gasteiger partial charge in [0, 0.05) is 36.4 Å². The van der Waals surface area contributed by atoms with Crippen molar-refractivity contribution in [3.05, 3.63) is 90.0 Å². The molecule has 3 saturated heterocycles. The summed E-state index contributed by atoms with van der Waals surface area (Å²) in [6, 6.07) is 12.3. The molecule has 4 aromatic carbocycles. The molecule has 5 aromatic rings. The molecule has 4 heterocycles. The first-order chi connectivity index (χ1) is 37.5. The highest BCUT2D eigenvalue weighted by Gasteiger charge is 2.49. The van der Waals surface area contributed by atoms with Gasteiger partial charge in [-0.15, -0.1) is 0 Å². The number of aliphatic hydroxyl groups is 10. The molecule has 0 amide bonds. The van der Waals surface area contributed by atoms with Gasteiger partial charge in [-0.1, -0.05) is 12.1 Å². The number of esters is 2. The van der Waals surface area contributed by atoms with Gasteiger partial charge in [-0.25, -0.2) is 14.0 Å². The molecule has 79 heavy (non-hydrogen) atoms. The number of ether oxygens (including phenoxy) is 8. The molecule has 424 valence electrons. The van der Waals surface area contributed by atoms with Gasteiger partial charge in [-0.2, -0.15) is 0 Å². The van der Waals surface area contributed by atoms with Crippen LogP contribution in [0.25, 0.3) is 34.4 Å². The van der Waals surface area contributed by atoms with Gasteiger partial charge in [-0.3, -0.25) is 0 Å². The average molecular weight is 1110 g/mol. The number of benzene rings is 4. The minimum absolute atomic E-state index is 0.196. The van der Waals surface area contributed by atoms with Crippen molar-refractivity contribution in [2.24, 2.45) is 0 Å². The van der Waals surface area contributed by atoms with Crippen molar-refractivity contribution in [3.8, 4) is 68.8 Å². The second kappa shape index (κ2) is 24.1. The lowest BCUT2D eigenvalue weighted by atomic mass is 9.99. The Morgan fingerprint density at radius 3 is 1.42 bits per heavy atom. The molecular formula is C51H53O28+. The zero-order valence-electron chi connectivity index (χ0n) is 40.5. The first-order valence-corrected chi connectivity index (χ1v) is 23.6. The summed E-state index contributed by atoms with van der Waals surface area (Å²) in [5, 5.41) is 179. The zero-order valence-corrected chi connectivity index (χ0v) is 40.5. The Morgan fingerprint density at radius 1 is 0.481 bits per heavy atom. The highest BCUT2D eigenvalue weighted by Crippen LogP contribution is 2.47. The lowest BCUT2D eigenvalue weighted by molar-refractivity contribution is -0.278. The summed E-state index contributed by atoms with van der Waals surface area (Å²) in [7, 11) is 0. The standard InChI is InChI=1S/C51H52O28/c52-16-33-39(62)42(65)45(68)51(77-33)76-32-15-23-29(13-22(53)14-30(23)74-49-46(69)43(66)40(63)34(78-49)17-71-36(59)7-3-19-1-5-24(54)26(56)9-19)73-48(32)21-11-28(58)38(61)31(12-21)75-50-47(70)44(67)41(64)35(79-50)18-72-37(60)8-4-20-2-6-25(55)27(57)10-20/h1-15,33-35,39-47,49-52,62-70H,16-18H2,(H6-,53,54,55,56,57,58,59,60,61)/p+1. The number of carbonyl (C=O) groups excluding carboxylic acids is 2. The van der Waals surface area contributed by atoms with Gasteiger partial charge < -0.3 is 125 Å². The highest BCUT2D eigenvalue weighted by molar-refractivity contribution is 5.90. The molecule has 15 atom stereocenters. The smallest absolute Gasteiger partial charge is 0.402 e. The third kappa shape index (κ3) is 12.7. The number of aromatic hydroxyl groups is 7. The van der Waals surface area contributed by atoms with Crippen LogP contribution in [0, 0.1) is 0 Å². The van der Waals surface area contributed by atoms with Crippen LogP contribution in [0.1, 0.15) is 11.1 Å². The maximum atomic E-state index is 12.6. The van der Waals surface area contributed by atoms with E-state index >= 15 is 0 Å². The van der Waals surface area contributed by atoms with Crippen molar-refractivity contribution in [2.45, 2.75) is 92.1 Å². The summed E-state index contributed by atoms with van der Waals surface area (Å²) < 4.78 is 51.1. The quantitative estimate of drug-likeness (QED) is 0.0229. The Hall–Kier alpha value is -7.81. The van der Waals surface area contributed by atoms with E-state index in [1.165, 1.54) is 36.4 Å². The Kier molecular flexibility index (Phi) is 17.5. The molecule has 3 fully saturated rings. The zero-order chi connectivity index (χ0) is 57.1. The molecular weight excluding hydrogens is 1060 g/mol. The largest absolute Gasteiger partial charge is 0.507 e. The van der Waals surface area contributed by atoms with Crippen LogP contribution in [0.2, 0.25) is 0 Å². The van der Waals surface area contributed by atoms with Crippen molar-refractivity contribution < 1.29 is 139 Å². The molecule has 0 radical (unpaired) electrons. The highest BCUT2D eigenvalue weighted by atomic mass is 16.7. The molecule has 0 saturated carbocycles. The molecule has 0 aliphatic carbocycles. The first-order valence-electron chi connectivity index (χ1n) is 23.6. The maximum Gasteiger partial charge on any atom is 0.402 e. The summed E-state index contributed by atoms with van der Waals surface area (Å²) in [4.78, 5) is 25.2. The number of aliphatic hydroxyl groups excluding tert-OH is 10. The number of phenols is 7. The molecule has 17 N–H and O–H groups in total. The molecule has 15 unspecified atom stereocenters. The molecule has 28 nitrogen and oxygen atoms in total. The number of hydrogen-bond acceptors (Lipinski definition) is 27. The fourth-order valence-electron chi connectivity index (χ4n) is 8.26. The number of hydrogen-bond donors (Lipinski definition) is 17. The lowest BCUT2D eigenvalue weighted by Gasteiger charge is -2.40. The Morgan fingerprint density at radius 2 is 0.937 bits per heavy atom. The summed E-state index contributed by atoms with van der Waals surface area (Å²) in [6.45, 7) is -2.40. The summed E-state index contributed by atoms with van der Waals surface area (Å²) in [5.41, 5.74) is -0.0775. The van der Waals surface area contributed by atoms with E-state index in [0.717, 1.165) is 54.6 Å². The Bertz CT molecular complexity index is 3070. The van der Waals surface area contributed by atoms with E-state index in [0.29, 0.717) is 5.56 Å². The monoisotopic (exact) mass is 1110 g/mol. The summed E-state index contributed by atoms with van der Waals surface area (Å²) in [6.07, 6.45) is -24.2. The molecule has 3 aliphatic rings. The van der Waals surface area contributed by atoms with Crippen LogP contribution in [0.3, 0.4) is 0 Å². The number of carbonyl (C=O) groups is 2. The van der Waals surface area contributed by atoms with Crippen LogP contribution in [0.5, 0.6) is 57.5 Å². The van der Waals surface area contributed by atoms with Gasteiger partial charge in [0.05, 0.1) is 18.2 Å². The number of phenolic OH excluding ortho intramolecular Hbond substituents is 7. The SMILES string of the molecule is O=C(/C=C/c1ccc(O)c(O)c1)OCC1OC(Oc2cc(-c3[o+]c4cc(O)cc(OC5OC(COC(=O)/C=C/c6ccc(O)c(O)c6)C(O)C(O)C5O)c4cc3OC3OC(CO)C(O)C(O)C3O)cc(O)c2O)C(O)C(O)C1O. The van der Waals surface area contributed by atoms with Crippen molar-refractivity contribution in [2.75, 3.05) is 19.8 Å². The van der Waals surface area contributed by atoms with Crippen molar-refractivity contribution >= 4 is 35.1 Å². The van der Waals surface area contributed by atoms with Gasteiger partial charge in [0.1, 0.15) is 103 Å². The first kappa shape index (κ1) is 57.4. The van der Waals surface area contributed by atoms with Crippen LogP contribution >= 0.6 is 0 Å². The third-order valence-corrected chi connectivity index (χ3v) is 12.6. The summed E-state index contributed by atoms with van der Waals surface area (Å²) in [5.74, 6) is -8.52. The Labute approximate surface area is 443 Å². The van der Waals surface area contributed by atoms with Crippen LogP contribution in [0.15, 0.2) is 83.3 Å². The van der Waals surface area contributed by atoms with E-state index in [1.807, 2.05) is 0 Å². The molecule has 28 heteroatoms. The average Bonchev–Trinajstić information content (AvgIpc) is 3.44. The molecule has 3 aliphatic heterocycles. The molecule has 0 bridgehead atoms. The van der Waals surface area contributed by atoms with E-state index in [-0.39, 0.29) is 22.1 Å². The van der Waals surface area contributed by atoms with E-state index in [1.54, 1.807) is 0 Å². The van der Waals surface area contributed by atoms with Crippen molar-refractivity contribution in [1.29, 1.82) is 0 Å². The van der Waals surface area contributed by atoms with Crippen LogP contribution in [-0.4, -0.2) is 211 Å². The molecule has 8 rings (SSSR count). The topological polar surface area (TPSA) is 463 Å². The van der Waals surface area contributed by atoms with Crippen LogP contribution in [-0.2, 0) is 33.3 Å². The van der Waals surface area contributed by atoms with Crippen LogP contribution < -0.4 is 14.2 Å². The van der Waals surface area contributed by atoms with Gasteiger partial charge in [0.15, 0.2) is 34.5 Å². The number of rotatable bonds is 16. The summed E-state index contributed by atoms with van der Waals surface area (Å²) >= 11 is 0. The predicted octanol–water partition coefficient (Wildman–Crippen LogP) is -1.62. The number of fused-ring (bicyclic) bond motifs is 1. The van der Waals surface area contributed by atoms with E-state index in [9.17, 15) is 96.4 Å². The predicted molar refractivity (Wildman–Crippen MR) is 260 cm³/mol. The van der Waals surface area contributed by atoms with E-state index < -0.39 is 187 Å².